The van der Waals surface area contributed by atoms with Gasteiger partial charge in [-0.2, -0.15) is 0 Å². The molecule has 0 rings (SSSR count). The van der Waals surface area contributed by atoms with Crippen LogP contribution in [0.2, 0.25) is 0 Å². The third-order valence-electron chi connectivity index (χ3n) is 1.58. The van der Waals surface area contributed by atoms with Crippen LogP contribution in [-0.4, -0.2) is 18.6 Å². The van der Waals surface area contributed by atoms with Crippen LogP contribution in [0.1, 0.15) is 27.2 Å². The number of esters is 1. The van der Waals surface area contributed by atoms with Crippen LogP contribution in [0.4, 0.5) is 0 Å². The molecule has 0 aliphatic rings. The molecule has 0 saturated carbocycles. The van der Waals surface area contributed by atoms with E-state index < -0.39 is 0 Å². The van der Waals surface area contributed by atoms with Crippen LogP contribution in [0, 0.1) is 5.92 Å². The summed E-state index contributed by atoms with van der Waals surface area (Å²) >= 11 is 0. The van der Waals surface area contributed by atoms with Gasteiger partial charge in [-0.05, 0) is 5.92 Å². The summed E-state index contributed by atoms with van der Waals surface area (Å²) in [5.74, 6) is 0.181. The minimum absolute atomic E-state index is 0.0366. The van der Waals surface area contributed by atoms with Crippen LogP contribution in [0.15, 0.2) is 0 Å². The zero-order valence-electron chi connectivity index (χ0n) is 7.46. The summed E-state index contributed by atoms with van der Waals surface area (Å²) < 4.78 is 4.85. The van der Waals surface area contributed by atoms with Gasteiger partial charge in [-0.1, -0.05) is 20.8 Å². The third-order valence-corrected chi connectivity index (χ3v) is 1.58. The van der Waals surface area contributed by atoms with E-state index in [-0.39, 0.29) is 12.0 Å². The average Bonchev–Trinajstić information content (AvgIpc) is 1.99. The molecule has 0 aromatic rings. The molecule has 3 heteroatoms. The van der Waals surface area contributed by atoms with Crippen molar-refractivity contribution in [1.29, 1.82) is 0 Å². The maximum atomic E-state index is 10.7. The van der Waals surface area contributed by atoms with Crippen molar-refractivity contribution in [2.75, 3.05) is 6.61 Å². The molecule has 0 saturated heterocycles. The standard InChI is InChI=1S/C8H17NO2/c1-4-8(10)11-5-7(9)6(2)3/h6-7H,4-5,9H2,1-3H3. The van der Waals surface area contributed by atoms with E-state index in [0.29, 0.717) is 18.9 Å². The van der Waals surface area contributed by atoms with Crippen molar-refractivity contribution in [2.24, 2.45) is 11.7 Å². The molecule has 0 spiro atoms. The summed E-state index contributed by atoms with van der Waals surface area (Å²) in [7, 11) is 0. The molecule has 0 fully saturated rings. The summed E-state index contributed by atoms with van der Waals surface area (Å²) in [4.78, 5) is 10.7. The first kappa shape index (κ1) is 10.4. The summed E-state index contributed by atoms with van der Waals surface area (Å²) in [5, 5.41) is 0. The van der Waals surface area contributed by atoms with Gasteiger partial charge < -0.3 is 10.5 Å². The molecule has 1 atom stereocenters. The van der Waals surface area contributed by atoms with Crippen molar-refractivity contribution in [1.82, 2.24) is 0 Å². The number of carbonyl (C=O) groups excluding carboxylic acids is 1. The molecule has 0 aliphatic carbocycles. The molecule has 11 heavy (non-hydrogen) atoms. The number of hydrogen-bond donors (Lipinski definition) is 1. The molecule has 0 radical (unpaired) electrons. The highest BCUT2D eigenvalue weighted by atomic mass is 16.5. The van der Waals surface area contributed by atoms with Gasteiger partial charge in [-0.25, -0.2) is 0 Å². The molecule has 0 amide bonds. The van der Waals surface area contributed by atoms with Gasteiger partial charge in [0.25, 0.3) is 0 Å². The van der Waals surface area contributed by atoms with Crippen molar-refractivity contribution in [3.63, 3.8) is 0 Å². The number of carbonyl (C=O) groups is 1. The highest BCUT2D eigenvalue weighted by molar-refractivity contribution is 5.68. The van der Waals surface area contributed by atoms with Crippen LogP contribution in [0.5, 0.6) is 0 Å². The molecule has 0 bridgehead atoms. The van der Waals surface area contributed by atoms with E-state index in [1.54, 1.807) is 6.92 Å². The lowest BCUT2D eigenvalue weighted by Gasteiger charge is -2.14. The Labute approximate surface area is 67.9 Å². The lowest BCUT2D eigenvalue weighted by Crippen LogP contribution is -2.32. The normalized spacial score (nSPS) is 13.2. The van der Waals surface area contributed by atoms with Gasteiger partial charge in [0.1, 0.15) is 6.61 Å². The molecule has 2 N–H and O–H groups in total. The number of hydrogen-bond acceptors (Lipinski definition) is 3. The van der Waals surface area contributed by atoms with E-state index in [1.165, 1.54) is 0 Å². The molecule has 66 valence electrons. The Bertz CT molecular complexity index is 123. The zero-order valence-corrected chi connectivity index (χ0v) is 7.46. The Morgan fingerprint density at radius 3 is 2.45 bits per heavy atom. The van der Waals surface area contributed by atoms with E-state index in [0.717, 1.165) is 0 Å². The first-order valence-corrected chi connectivity index (χ1v) is 3.99. The van der Waals surface area contributed by atoms with Gasteiger partial charge in [-0.15, -0.1) is 0 Å². The van der Waals surface area contributed by atoms with Crippen LogP contribution >= 0.6 is 0 Å². The van der Waals surface area contributed by atoms with Gasteiger partial charge in [-0.3, -0.25) is 4.79 Å². The summed E-state index contributed by atoms with van der Waals surface area (Å²) in [6, 6.07) is -0.0366. The quantitative estimate of drug-likeness (QED) is 0.621. The Balaban J connectivity index is 3.45. The average molecular weight is 159 g/mol. The highest BCUT2D eigenvalue weighted by Gasteiger charge is 2.09. The largest absolute Gasteiger partial charge is 0.464 e. The van der Waals surface area contributed by atoms with Gasteiger partial charge in [0, 0.05) is 12.5 Å². The Morgan fingerprint density at radius 1 is 1.55 bits per heavy atom. The van der Waals surface area contributed by atoms with Crippen LogP contribution < -0.4 is 5.73 Å². The van der Waals surface area contributed by atoms with Crippen LogP contribution in [0.25, 0.3) is 0 Å². The number of rotatable bonds is 4. The van der Waals surface area contributed by atoms with Crippen LogP contribution in [-0.2, 0) is 9.53 Å². The predicted molar refractivity (Wildman–Crippen MR) is 44.1 cm³/mol. The van der Waals surface area contributed by atoms with E-state index in [1.807, 2.05) is 13.8 Å². The second-order valence-electron chi connectivity index (χ2n) is 2.94. The molecular weight excluding hydrogens is 142 g/mol. The summed E-state index contributed by atoms with van der Waals surface area (Å²) in [5.41, 5.74) is 5.64. The molecule has 0 aromatic carbocycles. The Kier molecular flexibility index (Phi) is 4.86. The first-order valence-electron chi connectivity index (χ1n) is 3.99. The molecule has 3 nitrogen and oxygen atoms in total. The van der Waals surface area contributed by atoms with E-state index in [9.17, 15) is 4.79 Å². The molecule has 0 aliphatic heterocycles. The van der Waals surface area contributed by atoms with Crippen molar-refractivity contribution < 1.29 is 9.53 Å². The fourth-order valence-electron chi connectivity index (χ4n) is 0.484. The van der Waals surface area contributed by atoms with E-state index in [2.05, 4.69) is 0 Å². The zero-order chi connectivity index (χ0) is 8.85. The number of nitrogens with two attached hydrogens (primary N) is 1. The monoisotopic (exact) mass is 159 g/mol. The summed E-state index contributed by atoms with van der Waals surface area (Å²) in [6.45, 7) is 6.11. The predicted octanol–water partition coefficient (Wildman–Crippen LogP) is 0.923. The lowest BCUT2D eigenvalue weighted by molar-refractivity contribution is -0.144. The maximum Gasteiger partial charge on any atom is 0.305 e. The fourth-order valence-corrected chi connectivity index (χ4v) is 0.484. The topological polar surface area (TPSA) is 52.3 Å². The van der Waals surface area contributed by atoms with Crippen molar-refractivity contribution in [3.05, 3.63) is 0 Å². The molecule has 1 unspecified atom stereocenters. The molecule has 0 heterocycles. The molecular formula is C8H17NO2. The van der Waals surface area contributed by atoms with Gasteiger partial charge in [0.05, 0.1) is 0 Å². The lowest BCUT2D eigenvalue weighted by atomic mass is 10.1. The third kappa shape index (κ3) is 4.79. The Morgan fingerprint density at radius 2 is 2.09 bits per heavy atom. The van der Waals surface area contributed by atoms with Crippen molar-refractivity contribution in [2.45, 2.75) is 33.2 Å². The van der Waals surface area contributed by atoms with Gasteiger partial charge in [0.2, 0.25) is 0 Å². The number of ether oxygens (including phenoxy) is 1. The highest BCUT2D eigenvalue weighted by Crippen LogP contribution is 1.98. The summed E-state index contributed by atoms with van der Waals surface area (Å²) in [6.07, 6.45) is 0.421. The minimum atomic E-state index is -0.180. The second kappa shape index (κ2) is 5.13. The smallest absolute Gasteiger partial charge is 0.305 e. The second-order valence-corrected chi connectivity index (χ2v) is 2.94. The van der Waals surface area contributed by atoms with Gasteiger partial charge in [0.15, 0.2) is 0 Å². The van der Waals surface area contributed by atoms with Gasteiger partial charge >= 0.3 is 5.97 Å². The minimum Gasteiger partial charge on any atom is -0.464 e. The molecule has 0 aromatic heterocycles. The fraction of sp³-hybridized carbons (Fsp3) is 0.875. The SMILES string of the molecule is CCC(=O)OCC(N)C(C)C. The Hall–Kier alpha value is -0.570. The van der Waals surface area contributed by atoms with Crippen LogP contribution in [0.3, 0.4) is 0 Å². The first-order chi connectivity index (χ1) is 5.07. The van der Waals surface area contributed by atoms with Crippen molar-refractivity contribution in [3.8, 4) is 0 Å². The van der Waals surface area contributed by atoms with E-state index in [4.69, 9.17) is 10.5 Å². The van der Waals surface area contributed by atoms with E-state index >= 15 is 0 Å². The van der Waals surface area contributed by atoms with Crippen molar-refractivity contribution >= 4 is 5.97 Å². The maximum absolute atomic E-state index is 10.7.